The van der Waals surface area contributed by atoms with Crippen LogP contribution in [0.5, 0.6) is 5.75 Å². The lowest BCUT2D eigenvalue weighted by molar-refractivity contribution is -0.129. The van der Waals surface area contributed by atoms with Crippen molar-refractivity contribution in [2.24, 2.45) is 0 Å². The highest BCUT2D eigenvalue weighted by Crippen LogP contribution is 2.45. The third kappa shape index (κ3) is 7.29. The number of phenolic OH excluding ortho intramolecular Hbond substituents is 1. The Morgan fingerprint density at radius 1 is 0.881 bits per heavy atom. The van der Waals surface area contributed by atoms with E-state index in [1.54, 1.807) is 39.8 Å². The summed E-state index contributed by atoms with van der Waals surface area (Å²) in [4.78, 5) is 39.0. The fourth-order valence-electron chi connectivity index (χ4n) is 5.60. The Balaban J connectivity index is 1.40. The number of phenols is 1. The number of nitrogens with one attached hydrogen (secondary N) is 3. The van der Waals surface area contributed by atoms with Gasteiger partial charge < -0.3 is 25.8 Å². The van der Waals surface area contributed by atoms with Gasteiger partial charge in [0.05, 0.1) is 0 Å². The van der Waals surface area contributed by atoms with Gasteiger partial charge in [-0.2, -0.15) is 0 Å². The van der Waals surface area contributed by atoms with E-state index in [0.29, 0.717) is 6.54 Å². The Labute approximate surface area is 247 Å². The fraction of sp³-hybridized carbons (Fsp3) is 0.382. The maximum Gasteiger partial charge on any atom is 0.408 e. The third-order valence-electron chi connectivity index (χ3n) is 7.54. The number of amides is 3. The maximum absolute atomic E-state index is 13.4. The molecule has 0 heterocycles. The van der Waals surface area contributed by atoms with Crippen molar-refractivity contribution in [3.05, 3.63) is 88.5 Å². The van der Waals surface area contributed by atoms with E-state index in [0.717, 1.165) is 23.1 Å². The van der Waals surface area contributed by atoms with Gasteiger partial charge in [0, 0.05) is 18.9 Å². The SMILES string of the molecule is Cc1cc(O)cc(C)c1CC(NC(=O)OC(C)(C)C)C(=O)N[C@H](C)C(=O)NCCC1c2ccccc2-c2ccccc21. The Morgan fingerprint density at radius 3 is 1.98 bits per heavy atom. The number of aromatic hydroxyl groups is 1. The molecule has 1 unspecified atom stereocenters. The normalized spacial score (nSPS) is 13.9. The number of hydrogen-bond acceptors (Lipinski definition) is 5. The van der Waals surface area contributed by atoms with Gasteiger partial charge >= 0.3 is 6.09 Å². The molecule has 4 rings (SSSR count). The largest absolute Gasteiger partial charge is 0.508 e. The van der Waals surface area contributed by atoms with E-state index < -0.39 is 29.7 Å². The number of carbonyl (C=O) groups excluding carboxylic acids is 3. The highest BCUT2D eigenvalue weighted by molar-refractivity contribution is 5.91. The van der Waals surface area contributed by atoms with E-state index in [1.807, 2.05) is 38.1 Å². The van der Waals surface area contributed by atoms with Gasteiger partial charge in [0.25, 0.3) is 0 Å². The molecule has 0 fully saturated rings. The lowest BCUT2D eigenvalue weighted by atomic mass is 9.93. The van der Waals surface area contributed by atoms with Gasteiger partial charge in [0.2, 0.25) is 11.8 Å². The zero-order chi connectivity index (χ0) is 30.6. The standard InChI is InChI=1S/C34H41N3O5/c1-20-17-23(38)18-21(2)29(20)19-30(37-33(41)42-34(4,5)6)32(40)36-22(3)31(39)35-16-15-28-26-13-9-7-11-24(26)25-12-8-10-14-27(25)28/h7-14,17-18,22,28,30,38H,15-16,19H2,1-6H3,(H,35,39)(H,36,40)(H,37,41)/t22-,30?/m1/s1. The first-order valence-corrected chi connectivity index (χ1v) is 14.4. The van der Waals surface area contributed by atoms with Crippen LogP contribution >= 0.6 is 0 Å². The van der Waals surface area contributed by atoms with E-state index in [2.05, 4.69) is 40.2 Å². The summed E-state index contributed by atoms with van der Waals surface area (Å²) in [6.45, 7) is 11.0. The van der Waals surface area contributed by atoms with Crippen LogP contribution in [0.1, 0.15) is 67.9 Å². The van der Waals surface area contributed by atoms with Gasteiger partial charge in [-0.05, 0) is 99.0 Å². The molecule has 0 radical (unpaired) electrons. The topological polar surface area (TPSA) is 117 Å². The molecular weight excluding hydrogens is 530 g/mol. The molecule has 3 aromatic rings. The van der Waals surface area contributed by atoms with Gasteiger partial charge in [-0.25, -0.2) is 4.79 Å². The summed E-state index contributed by atoms with van der Waals surface area (Å²) in [5, 5.41) is 18.3. The number of aryl methyl sites for hydroxylation is 2. The van der Waals surface area contributed by atoms with Crippen molar-refractivity contribution in [1.29, 1.82) is 0 Å². The molecule has 8 heteroatoms. The number of benzene rings is 3. The first-order chi connectivity index (χ1) is 19.8. The van der Waals surface area contributed by atoms with E-state index >= 15 is 0 Å². The van der Waals surface area contributed by atoms with Crippen LogP contribution in [0.25, 0.3) is 11.1 Å². The summed E-state index contributed by atoms with van der Waals surface area (Å²) in [5.74, 6) is -0.503. The molecule has 3 aromatic carbocycles. The van der Waals surface area contributed by atoms with E-state index in [9.17, 15) is 19.5 Å². The lowest BCUT2D eigenvalue weighted by Gasteiger charge is -2.25. The molecule has 1 aliphatic carbocycles. The molecule has 2 atom stereocenters. The molecule has 0 saturated heterocycles. The summed E-state index contributed by atoms with van der Waals surface area (Å²) >= 11 is 0. The van der Waals surface area contributed by atoms with Gasteiger partial charge in [-0.15, -0.1) is 0 Å². The van der Waals surface area contributed by atoms with Crippen molar-refractivity contribution < 1.29 is 24.2 Å². The molecule has 1 aliphatic rings. The van der Waals surface area contributed by atoms with Crippen LogP contribution in [-0.2, 0) is 20.7 Å². The lowest BCUT2D eigenvalue weighted by Crippen LogP contribution is -2.54. The van der Waals surface area contributed by atoms with Crippen LogP contribution in [0.15, 0.2) is 60.7 Å². The number of fused-ring (bicyclic) bond motifs is 3. The molecular formula is C34H41N3O5. The minimum Gasteiger partial charge on any atom is -0.508 e. The zero-order valence-corrected chi connectivity index (χ0v) is 25.2. The summed E-state index contributed by atoms with van der Waals surface area (Å²) in [5.41, 5.74) is 6.62. The molecule has 8 nitrogen and oxygen atoms in total. The van der Waals surface area contributed by atoms with Gasteiger partial charge in [0.1, 0.15) is 23.4 Å². The van der Waals surface area contributed by atoms with Crippen molar-refractivity contribution in [2.45, 2.75) is 78.0 Å². The van der Waals surface area contributed by atoms with Crippen LogP contribution in [-0.4, -0.2) is 47.2 Å². The molecule has 42 heavy (non-hydrogen) atoms. The quantitative estimate of drug-likeness (QED) is 0.279. The molecule has 0 bridgehead atoms. The monoisotopic (exact) mass is 571 g/mol. The number of carbonyl (C=O) groups is 3. The number of hydrogen-bond donors (Lipinski definition) is 4. The van der Waals surface area contributed by atoms with Crippen LogP contribution in [0.4, 0.5) is 4.79 Å². The first kappa shape index (κ1) is 30.6. The van der Waals surface area contributed by atoms with Crippen LogP contribution in [0.3, 0.4) is 0 Å². The van der Waals surface area contributed by atoms with Crippen molar-refractivity contribution in [3.8, 4) is 16.9 Å². The Hall–Kier alpha value is -4.33. The van der Waals surface area contributed by atoms with Crippen LogP contribution in [0.2, 0.25) is 0 Å². The molecule has 0 aromatic heterocycles. The molecule has 0 spiro atoms. The van der Waals surface area contributed by atoms with Gasteiger partial charge in [-0.1, -0.05) is 48.5 Å². The second-order valence-electron chi connectivity index (χ2n) is 12.0. The molecule has 4 N–H and O–H groups in total. The second-order valence-corrected chi connectivity index (χ2v) is 12.0. The maximum atomic E-state index is 13.4. The summed E-state index contributed by atoms with van der Waals surface area (Å²) in [6, 6.07) is 18.1. The van der Waals surface area contributed by atoms with Crippen molar-refractivity contribution in [2.75, 3.05) is 6.54 Å². The Bertz CT molecular complexity index is 1410. The predicted octanol–water partition coefficient (Wildman–Crippen LogP) is 5.27. The first-order valence-electron chi connectivity index (χ1n) is 14.4. The van der Waals surface area contributed by atoms with Gasteiger partial charge in [-0.3, -0.25) is 9.59 Å². The van der Waals surface area contributed by atoms with E-state index in [1.165, 1.54) is 22.3 Å². The summed E-state index contributed by atoms with van der Waals surface area (Å²) < 4.78 is 5.39. The summed E-state index contributed by atoms with van der Waals surface area (Å²) in [6.07, 6.45) is 0.159. The van der Waals surface area contributed by atoms with Crippen molar-refractivity contribution >= 4 is 17.9 Å². The molecule has 222 valence electrons. The van der Waals surface area contributed by atoms with E-state index in [-0.39, 0.29) is 24.0 Å². The van der Waals surface area contributed by atoms with Crippen LogP contribution in [0, 0.1) is 13.8 Å². The average molecular weight is 572 g/mol. The molecule has 0 aliphatic heterocycles. The average Bonchev–Trinajstić information content (AvgIpc) is 3.22. The highest BCUT2D eigenvalue weighted by atomic mass is 16.6. The second kappa shape index (κ2) is 12.7. The highest BCUT2D eigenvalue weighted by Gasteiger charge is 2.30. The van der Waals surface area contributed by atoms with E-state index in [4.69, 9.17) is 4.74 Å². The Morgan fingerprint density at radius 2 is 1.43 bits per heavy atom. The minimum absolute atomic E-state index is 0.129. The smallest absolute Gasteiger partial charge is 0.408 e. The van der Waals surface area contributed by atoms with Crippen LogP contribution < -0.4 is 16.0 Å². The fourth-order valence-corrected chi connectivity index (χ4v) is 5.60. The predicted molar refractivity (Wildman–Crippen MR) is 163 cm³/mol. The summed E-state index contributed by atoms with van der Waals surface area (Å²) in [7, 11) is 0. The van der Waals surface area contributed by atoms with Crippen molar-refractivity contribution in [3.63, 3.8) is 0 Å². The third-order valence-corrected chi connectivity index (χ3v) is 7.54. The zero-order valence-electron chi connectivity index (χ0n) is 25.2. The number of alkyl carbamates (subject to hydrolysis) is 1. The number of ether oxygens (including phenoxy) is 1. The van der Waals surface area contributed by atoms with Gasteiger partial charge in [0.15, 0.2) is 0 Å². The number of rotatable bonds is 9. The molecule has 0 saturated carbocycles. The minimum atomic E-state index is -0.997. The Kier molecular flexibility index (Phi) is 9.24. The van der Waals surface area contributed by atoms with Crippen molar-refractivity contribution in [1.82, 2.24) is 16.0 Å². The molecule has 3 amide bonds.